The third-order valence-corrected chi connectivity index (χ3v) is 4.01. The molecule has 1 aromatic carbocycles. The molecule has 2 heterocycles. The summed E-state index contributed by atoms with van der Waals surface area (Å²) in [6, 6.07) is 5.18. The summed E-state index contributed by atoms with van der Waals surface area (Å²) in [6.45, 7) is 2.97. The van der Waals surface area contributed by atoms with E-state index in [1.54, 1.807) is 6.92 Å². The van der Waals surface area contributed by atoms with Gasteiger partial charge in [-0.15, -0.1) is 0 Å². The van der Waals surface area contributed by atoms with E-state index < -0.39 is 12.0 Å². The van der Waals surface area contributed by atoms with Gasteiger partial charge < -0.3 is 24.8 Å². The van der Waals surface area contributed by atoms with Crippen LogP contribution in [0.2, 0.25) is 0 Å². The molecule has 0 amide bonds. The van der Waals surface area contributed by atoms with Crippen molar-refractivity contribution in [3.8, 4) is 11.5 Å². The zero-order valence-corrected chi connectivity index (χ0v) is 13.8. The molecule has 122 valence electrons. The molecule has 2 aliphatic heterocycles. The molecule has 7 heteroatoms. The molecule has 1 unspecified atom stereocenters. The van der Waals surface area contributed by atoms with Gasteiger partial charge >= 0.3 is 5.97 Å². The number of ether oxygens (including phenoxy) is 3. The average molecular weight is 334 g/mol. The van der Waals surface area contributed by atoms with Crippen LogP contribution in [0.5, 0.6) is 11.5 Å². The standard InChI is InChI=1S/C16H18N2O4S/c1-9-12(15(19)20-2)13(18-16(23)17-9)10-5-3-6-11-14(10)22-8-4-7-21-11/h3,5-6,13H,4,7-8H2,1-2H3,(H2,17,18,23). The fourth-order valence-corrected chi connectivity index (χ4v) is 3.02. The van der Waals surface area contributed by atoms with Crippen molar-refractivity contribution >= 4 is 23.3 Å². The van der Waals surface area contributed by atoms with Gasteiger partial charge in [0.05, 0.1) is 31.9 Å². The van der Waals surface area contributed by atoms with Gasteiger partial charge in [-0.05, 0) is 25.2 Å². The molecule has 3 rings (SSSR count). The van der Waals surface area contributed by atoms with Gasteiger partial charge in [0.15, 0.2) is 16.6 Å². The molecule has 1 atom stereocenters. The summed E-state index contributed by atoms with van der Waals surface area (Å²) in [7, 11) is 1.36. The van der Waals surface area contributed by atoms with Gasteiger partial charge in [-0.1, -0.05) is 12.1 Å². The maximum Gasteiger partial charge on any atom is 0.337 e. The number of carbonyl (C=O) groups excluding carboxylic acids is 1. The molecule has 2 N–H and O–H groups in total. The number of thiocarbonyl (C=S) groups is 1. The van der Waals surface area contributed by atoms with Crippen molar-refractivity contribution in [1.82, 2.24) is 10.6 Å². The van der Waals surface area contributed by atoms with Gasteiger partial charge in [0.2, 0.25) is 0 Å². The van der Waals surface area contributed by atoms with Crippen LogP contribution >= 0.6 is 12.2 Å². The Morgan fingerprint density at radius 3 is 2.91 bits per heavy atom. The largest absolute Gasteiger partial charge is 0.490 e. The van der Waals surface area contributed by atoms with Crippen molar-refractivity contribution in [2.75, 3.05) is 20.3 Å². The number of fused-ring (bicyclic) bond motifs is 1. The molecule has 0 radical (unpaired) electrons. The lowest BCUT2D eigenvalue weighted by Crippen LogP contribution is -2.45. The lowest BCUT2D eigenvalue weighted by molar-refractivity contribution is -0.136. The number of benzene rings is 1. The van der Waals surface area contributed by atoms with E-state index in [9.17, 15) is 4.79 Å². The van der Waals surface area contributed by atoms with Crippen molar-refractivity contribution in [2.24, 2.45) is 0 Å². The molecule has 0 saturated carbocycles. The first-order valence-corrected chi connectivity index (χ1v) is 7.77. The van der Waals surface area contributed by atoms with E-state index in [2.05, 4.69) is 10.6 Å². The first kappa shape index (κ1) is 15.6. The van der Waals surface area contributed by atoms with Crippen molar-refractivity contribution in [3.63, 3.8) is 0 Å². The molecule has 23 heavy (non-hydrogen) atoms. The third kappa shape index (κ3) is 2.96. The molecule has 1 aromatic rings. The Labute approximate surface area is 139 Å². The SMILES string of the molecule is COC(=O)C1=C(C)NC(=S)NC1c1cccc2c1OCCCO2. The van der Waals surface area contributed by atoms with Gasteiger partial charge in [-0.3, -0.25) is 0 Å². The number of rotatable bonds is 2. The van der Waals surface area contributed by atoms with E-state index in [1.807, 2.05) is 18.2 Å². The molecule has 0 saturated heterocycles. The second-order valence-electron chi connectivity index (χ2n) is 5.29. The minimum absolute atomic E-state index is 0.415. The fraction of sp³-hybridized carbons (Fsp3) is 0.375. The summed E-state index contributed by atoms with van der Waals surface area (Å²) in [4.78, 5) is 12.2. The first-order valence-electron chi connectivity index (χ1n) is 7.37. The minimum Gasteiger partial charge on any atom is -0.490 e. The topological polar surface area (TPSA) is 68.8 Å². The van der Waals surface area contributed by atoms with Gasteiger partial charge in [-0.25, -0.2) is 4.79 Å². The van der Waals surface area contributed by atoms with E-state index >= 15 is 0 Å². The lowest BCUT2D eigenvalue weighted by Gasteiger charge is -2.30. The normalized spacial score (nSPS) is 20.3. The van der Waals surface area contributed by atoms with Crippen LogP contribution in [0.25, 0.3) is 0 Å². The van der Waals surface area contributed by atoms with Crippen LogP contribution < -0.4 is 20.1 Å². The molecule has 0 bridgehead atoms. The second kappa shape index (κ2) is 6.45. The van der Waals surface area contributed by atoms with Crippen LogP contribution in [-0.4, -0.2) is 31.4 Å². The Hall–Kier alpha value is -2.28. The summed E-state index contributed by atoms with van der Waals surface area (Å²) in [6.07, 6.45) is 0.810. The highest BCUT2D eigenvalue weighted by molar-refractivity contribution is 7.80. The van der Waals surface area contributed by atoms with Crippen LogP contribution in [0.4, 0.5) is 0 Å². The molecule has 0 fully saturated rings. The Bertz CT molecular complexity index is 687. The van der Waals surface area contributed by atoms with Gasteiger partial charge in [0.1, 0.15) is 0 Å². The first-order chi connectivity index (χ1) is 11.1. The summed E-state index contributed by atoms with van der Waals surface area (Å²) in [5.74, 6) is 0.900. The molecular weight excluding hydrogens is 316 g/mol. The van der Waals surface area contributed by atoms with Crippen molar-refractivity contribution in [1.29, 1.82) is 0 Å². The highest BCUT2D eigenvalue weighted by Crippen LogP contribution is 2.40. The van der Waals surface area contributed by atoms with E-state index in [-0.39, 0.29) is 0 Å². The summed E-state index contributed by atoms with van der Waals surface area (Å²) in [5, 5.41) is 6.54. The predicted octanol–water partition coefficient (Wildman–Crippen LogP) is 1.81. The van der Waals surface area contributed by atoms with Crippen molar-refractivity contribution < 1.29 is 19.0 Å². The monoisotopic (exact) mass is 334 g/mol. The zero-order valence-electron chi connectivity index (χ0n) is 13.0. The molecular formula is C16H18N2O4S. The number of methoxy groups -OCH3 is 1. The Balaban J connectivity index is 2.10. The van der Waals surface area contributed by atoms with Gasteiger partial charge in [0, 0.05) is 17.7 Å². The second-order valence-corrected chi connectivity index (χ2v) is 5.69. The van der Waals surface area contributed by atoms with Crippen molar-refractivity contribution in [2.45, 2.75) is 19.4 Å². The van der Waals surface area contributed by atoms with Gasteiger partial charge in [-0.2, -0.15) is 0 Å². The number of carbonyl (C=O) groups is 1. The number of allylic oxidation sites excluding steroid dienone is 1. The number of para-hydroxylation sites is 1. The minimum atomic E-state index is -0.451. The average Bonchev–Trinajstić information content (AvgIpc) is 2.78. The number of hydrogen-bond acceptors (Lipinski definition) is 5. The Kier molecular flexibility index (Phi) is 4.38. The third-order valence-electron chi connectivity index (χ3n) is 3.79. The van der Waals surface area contributed by atoms with Crippen molar-refractivity contribution in [3.05, 3.63) is 35.0 Å². The molecule has 6 nitrogen and oxygen atoms in total. The number of esters is 1. The van der Waals surface area contributed by atoms with Crippen LogP contribution in [-0.2, 0) is 9.53 Å². The smallest absolute Gasteiger partial charge is 0.337 e. The highest BCUT2D eigenvalue weighted by Gasteiger charge is 2.33. The van der Waals surface area contributed by atoms with E-state index in [0.29, 0.717) is 41.1 Å². The van der Waals surface area contributed by atoms with E-state index in [0.717, 1.165) is 12.0 Å². The maximum atomic E-state index is 12.2. The Morgan fingerprint density at radius 1 is 1.35 bits per heavy atom. The van der Waals surface area contributed by atoms with Crippen LogP contribution in [0.15, 0.2) is 29.5 Å². The highest BCUT2D eigenvalue weighted by atomic mass is 32.1. The van der Waals surface area contributed by atoms with Gasteiger partial charge in [0.25, 0.3) is 0 Å². The lowest BCUT2D eigenvalue weighted by atomic mass is 9.94. The van der Waals surface area contributed by atoms with Crippen LogP contribution in [0.1, 0.15) is 24.9 Å². The summed E-state index contributed by atoms with van der Waals surface area (Å²) >= 11 is 5.24. The molecule has 0 aromatic heterocycles. The maximum absolute atomic E-state index is 12.2. The number of hydrogen-bond donors (Lipinski definition) is 2. The van der Waals surface area contributed by atoms with Crippen LogP contribution in [0.3, 0.4) is 0 Å². The quantitative estimate of drug-likeness (QED) is 0.631. The Morgan fingerprint density at radius 2 is 2.13 bits per heavy atom. The molecule has 0 spiro atoms. The fourth-order valence-electron chi connectivity index (χ4n) is 2.75. The van der Waals surface area contributed by atoms with E-state index in [1.165, 1.54) is 7.11 Å². The van der Waals surface area contributed by atoms with Crippen LogP contribution in [0, 0.1) is 0 Å². The zero-order chi connectivity index (χ0) is 16.4. The molecule has 2 aliphatic rings. The number of nitrogens with one attached hydrogen (secondary N) is 2. The predicted molar refractivity (Wildman–Crippen MR) is 88.4 cm³/mol. The molecule has 0 aliphatic carbocycles. The van der Waals surface area contributed by atoms with E-state index in [4.69, 9.17) is 26.4 Å². The summed E-state index contributed by atoms with van der Waals surface area (Å²) < 4.78 is 16.5. The summed E-state index contributed by atoms with van der Waals surface area (Å²) in [5.41, 5.74) is 1.94.